The zero-order valence-corrected chi connectivity index (χ0v) is 25.8. The molecule has 0 bridgehead atoms. The number of hydrogen-bond acceptors (Lipinski definition) is 6. The first-order valence-corrected chi connectivity index (χ1v) is 14.6. The van der Waals surface area contributed by atoms with E-state index in [9.17, 15) is 9.59 Å². The van der Waals surface area contributed by atoms with E-state index in [1.165, 1.54) is 4.57 Å². The van der Waals surface area contributed by atoms with Crippen LogP contribution < -0.4 is 25.7 Å². The molecule has 2 amide bonds. The highest BCUT2D eigenvalue weighted by Gasteiger charge is 2.23. The van der Waals surface area contributed by atoms with Crippen molar-refractivity contribution in [3.63, 3.8) is 0 Å². The lowest BCUT2D eigenvalue weighted by Gasteiger charge is -2.23. The van der Waals surface area contributed by atoms with Gasteiger partial charge < -0.3 is 20.1 Å². The Morgan fingerprint density at radius 3 is 2.25 bits per heavy atom. The molecule has 0 saturated heterocycles. The smallest absolute Gasteiger partial charge is 0.323 e. The van der Waals surface area contributed by atoms with E-state index in [1.807, 2.05) is 60.7 Å². The number of anilines is 2. The van der Waals surface area contributed by atoms with Crippen molar-refractivity contribution in [2.24, 2.45) is 7.05 Å². The second-order valence-electron chi connectivity index (χ2n) is 11.2. The lowest BCUT2D eigenvalue weighted by molar-refractivity contribution is 0.262. The third-order valence-electron chi connectivity index (χ3n) is 7.52. The Labute approximate surface area is 256 Å². The summed E-state index contributed by atoms with van der Waals surface area (Å²) in [5.74, 6) is 1.50. The molecule has 0 unspecified atom stereocenters. The number of nitrogens with one attached hydrogen (secondary N) is 2. The number of amides is 2. The maximum Gasteiger partial charge on any atom is 0.323 e. The molecular formula is C35H37N5O4. The van der Waals surface area contributed by atoms with Crippen LogP contribution >= 0.6 is 0 Å². The summed E-state index contributed by atoms with van der Waals surface area (Å²) in [6.45, 7) is 8.66. The minimum Gasteiger partial charge on any atom is -0.497 e. The van der Waals surface area contributed by atoms with Gasteiger partial charge in [0.05, 0.1) is 7.11 Å². The SMILES string of the molecule is COc1cccc(-c2c(NC(=O)Nc3c(C(C)C)cc(OCc4cccnc4)cc3C(C)C)c(=O)n(C)c3ncccc23)c1. The van der Waals surface area contributed by atoms with Gasteiger partial charge in [0.15, 0.2) is 0 Å². The van der Waals surface area contributed by atoms with Gasteiger partial charge in [-0.15, -0.1) is 0 Å². The Balaban J connectivity index is 1.55. The van der Waals surface area contributed by atoms with Gasteiger partial charge in [-0.3, -0.25) is 14.3 Å². The fourth-order valence-electron chi connectivity index (χ4n) is 5.27. The average molecular weight is 592 g/mol. The number of carbonyl (C=O) groups excluding carboxylic acids is 1. The molecule has 2 aromatic carbocycles. The van der Waals surface area contributed by atoms with E-state index in [2.05, 4.69) is 48.3 Å². The van der Waals surface area contributed by atoms with Crippen LogP contribution in [0.25, 0.3) is 22.2 Å². The Morgan fingerprint density at radius 1 is 0.886 bits per heavy atom. The van der Waals surface area contributed by atoms with Crippen LogP contribution in [-0.2, 0) is 13.7 Å². The third-order valence-corrected chi connectivity index (χ3v) is 7.52. The fraction of sp³-hybridized carbons (Fsp3) is 0.257. The number of urea groups is 1. The summed E-state index contributed by atoms with van der Waals surface area (Å²) in [6.07, 6.45) is 5.15. The number of rotatable bonds is 9. The first kappa shape index (κ1) is 30.3. The summed E-state index contributed by atoms with van der Waals surface area (Å²) in [5, 5.41) is 6.70. The standard InChI is InChI=1S/C35H37N5O4/c1-21(2)28-17-26(44-20-23-10-8-14-36-19-23)18-29(22(3)4)31(28)38-35(42)39-32-30(24-11-7-12-25(16-24)43-6)27-13-9-15-37-33(27)40(5)34(32)41/h7-19,21-22H,20H2,1-6H3,(H2,38,39,42). The van der Waals surface area contributed by atoms with Crippen molar-refractivity contribution in [3.8, 4) is 22.6 Å². The number of fused-ring (bicyclic) bond motifs is 1. The molecule has 0 spiro atoms. The molecule has 0 atom stereocenters. The van der Waals surface area contributed by atoms with Crippen LogP contribution in [0.3, 0.4) is 0 Å². The molecule has 0 aliphatic rings. The molecule has 0 aliphatic carbocycles. The summed E-state index contributed by atoms with van der Waals surface area (Å²) >= 11 is 0. The van der Waals surface area contributed by atoms with Crippen LogP contribution in [0.15, 0.2) is 84.0 Å². The first-order valence-electron chi connectivity index (χ1n) is 14.6. The van der Waals surface area contributed by atoms with Gasteiger partial charge in [0, 0.05) is 47.8 Å². The highest BCUT2D eigenvalue weighted by molar-refractivity contribution is 6.07. The molecule has 2 N–H and O–H groups in total. The van der Waals surface area contributed by atoms with Crippen LogP contribution in [-0.4, -0.2) is 27.7 Å². The third kappa shape index (κ3) is 6.27. The second kappa shape index (κ2) is 13.0. The number of aromatic nitrogens is 3. The van der Waals surface area contributed by atoms with Gasteiger partial charge in [0.1, 0.15) is 29.4 Å². The monoisotopic (exact) mass is 591 g/mol. The van der Waals surface area contributed by atoms with E-state index in [1.54, 1.807) is 32.7 Å². The molecule has 3 aromatic heterocycles. The summed E-state index contributed by atoms with van der Waals surface area (Å²) in [5.41, 5.74) is 5.08. The predicted octanol–water partition coefficient (Wildman–Crippen LogP) is 7.47. The van der Waals surface area contributed by atoms with E-state index in [-0.39, 0.29) is 23.1 Å². The van der Waals surface area contributed by atoms with Crippen molar-refractivity contribution < 1.29 is 14.3 Å². The number of ether oxygens (including phenoxy) is 2. The van der Waals surface area contributed by atoms with Gasteiger partial charge in [0.2, 0.25) is 0 Å². The van der Waals surface area contributed by atoms with Crippen molar-refractivity contribution in [2.75, 3.05) is 17.7 Å². The zero-order chi connectivity index (χ0) is 31.4. The molecule has 44 heavy (non-hydrogen) atoms. The van der Waals surface area contributed by atoms with E-state index >= 15 is 0 Å². The van der Waals surface area contributed by atoms with Crippen molar-refractivity contribution >= 4 is 28.4 Å². The Hall–Kier alpha value is -5.18. The van der Waals surface area contributed by atoms with Crippen molar-refractivity contribution in [1.29, 1.82) is 0 Å². The van der Waals surface area contributed by atoms with E-state index < -0.39 is 6.03 Å². The van der Waals surface area contributed by atoms with Crippen molar-refractivity contribution in [2.45, 2.75) is 46.1 Å². The molecule has 0 aliphatic heterocycles. The topological polar surface area (TPSA) is 107 Å². The number of methoxy groups -OCH3 is 1. The Bertz CT molecular complexity index is 1840. The first-order chi connectivity index (χ1) is 21.2. The predicted molar refractivity (Wildman–Crippen MR) is 175 cm³/mol. The fourth-order valence-corrected chi connectivity index (χ4v) is 5.27. The maximum absolute atomic E-state index is 13.8. The Morgan fingerprint density at radius 2 is 1.59 bits per heavy atom. The van der Waals surface area contributed by atoms with Crippen LogP contribution in [0.5, 0.6) is 11.5 Å². The number of aryl methyl sites for hydroxylation is 1. The molecule has 0 radical (unpaired) electrons. The number of carbonyl (C=O) groups is 1. The van der Waals surface area contributed by atoms with E-state index in [0.717, 1.165) is 27.6 Å². The molecule has 226 valence electrons. The van der Waals surface area contributed by atoms with Crippen LogP contribution in [0, 0.1) is 0 Å². The molecular weight excluding hydrogens is 554 g/mol. The summed E-state index contributed by atoms with van der Waals surface area (Å²) in [6, 6.07) is 18.3. The highest BCUT2D eigenvalue weighted by atomic mass is 16.5. The number of nitrogens with zero attached hydrogens (tertiary/aromatic N) is 3. The molecule has 9 nitrogen and oxygen atoms in total. The summed E-state index contributed by atoms with van der Waals surface area (Å²) < 4.78 is 13.1. The highest BCUT2D eigenvalue weighted by Crippen LogP contribution is 2.38. The molecule has 0 fully saturated rings. The van der Waals surface area contributed by atoms with Gasteiger partial charge in [-0.1, -0.05) is 45.9 Å². The van der Waals surface area contributed by atoms with Crippen LogP contribution in [0.2, 0.25) is 0 Å². The molecule has 5 rings (SSSR count). The average Bonchev–Trinajstić information content (AvgIpc) is 3.03. The van der Waals surface area contributed by atoms with E-state index in [4.69, 9.17) is 9.47 Å². The van der Waals surface area contributed by atoms with Crippen LogP contribution in [0.4, 0.5) is 16.2 Å². The summed E-state index contributed by atoms with van der Waals surface area (Å²) in [4.78, 5) is 36.1. The van der Waals surface area contributed by atoms with E-state index in [0.29, 0.717) is 35.0 Å². The maximum atomic E-state index is 13.8. The van der Waals surface area contributed by atoms with Gasteiger partial charge >= 0.3 is 6.03 Å². The quantitative estimate of drug-likeness (QED) is 0.184. The zero-order valence-electron chi connectivity index (χ0n) is 25.8. The van der Waals surface area contributed by atoms with Gasteiger partial charge in [-0.2, -0.15) is 0 Å². The second-order valence-corrected chi connectivity index (χ2v) is 11.2. The molecule has 9 heteroatoms. The van der Waals surface area contributed by atoms with Gasteiger partial charge in [0.25, 0.3) is 5.56 Å². The molecule has 5 aromatic rings. The number of pyridine rings is 3. The summed E-state index contributed by atoms with van der Waals surface area (Å²) in [7, 11) is 3.23. The normalized spacial score (nSPS) is 11.2. The Kier molecular flexibility index (Phi) is 8.94. The number of hydrogen-bond donors (Lipinski definition) is 2. The lowest BCUT2D eigenvalue weighted by atomic mass is 9.92. The minimum atomic E-state index is -0.526. The van der Waals surface area contributed by atoms with Gasteiger partial charge in [-0.25, -0.2) is 9.78 Å². The minimum absolute atomic E-state index is 0.0803. The lowest BCUT2D eigenvalue weighted by Crippen LogP contribution is -2.29. The molecule has 3 heterocycles. The van der Waals surface area contributed by atoms with Crippen molar-refractivity contribution in [1.82, 2.24) is 14.5 Å². The largest absolute Gasteiger partial charge is 0.497 e. The van der Waals surface area contributed by atoms with Crippen molar-refractivity contribution in [3.05, 3.63) is 106 Å². The molecule has 0 saturated carbocycles. The number of benzene rings is 2. The van der Waals surface area contributed by atoms with Crippen LogP contribution in [0.1, 0.15) is 56.2 Å². The van der Waals surface area contributed by atoms with Gasteiger partial charge in [-0.05, 0) is 71.0 Å².